The van der Waals surface area contributed by atoms with Crippen LogP contribution in [0.4, 0.5) is 20.2 Å². The number of carboxylic acids is 1. The highest BCUT2D eigenvalue weighted by Gasteiger charge is 2.45. The number of carbonyl (C=O) groups excluding carboxylic acids is 1. The van der Waals surface area contributed by atoms with Crippen molar-refractivity contribution in [3.63, 3.8) is 0 Å². The van der Waals surface area contributed by atoms with Crippen LogP contribution in [0.25, 0.3) is 0 Å². The quantitative estimate of drug-likeness (QED) is 0.497. The number of rotatable bonds is 10. The van der Waals surface area contributed by atoms with Crippen LogP contribution < -0.4 is 10.2 Å². The summed E-state index contributed by atoms with van der Waals surface area (Å²) in [6, 6.07) is 9.04. The normalized spacial score (nSPS) is 17.3. The minimum atomic E-state index is -0.949. The predicted octanol–water partition coefficient (Wildman–Crippen LogP) is 5.45. The third kappa shape index (κ3) is 6.30. The Hall–Kier alpha value is -2.96. The molecule has 1 aliphatic rings. The summed E-state index contributed by atoms with van der Waals surface area (Å²) in [7, 11) is 0. The summed E-state index contributed by atoms with van der Waals surface area (Å²) in [6.07, 6.45) is 0.213. The van der Waals surface area contributed by atoms with E-state index in [1.54, 1.807) is 24.3 Å². The summed E-state index contributed by atoms with van der Waals surface area (Å²) in [5.74, 6) is -2.73. The molecule has 2 atom stereocenters. The number of halogens is 2. The van der Waals surface area contributed by atoms with Gasteiger partial charge in [-0.1, -0.05) is 45.9 Å². The first-order valence-corrected chi connectivity index (χ1v) is 11.4. The van der Waals surface area contributed by atoms with Gasteiger partial charge in [-0.3, -0.25) is 9.59 Å². The van der Waals surface area contributed by atoms with Crippen LogP contribution in [0.1, 0.15) is 51.2 Å². The maximum Gasteiger partial charge on any atom is 0.307 e. The van der Waals surface area contributed by atoms with E-state index in [0.717, 1.165) is 0 Å². The zero-order chi connectivity index (χ0) is 24.3. The van der Waals surface area contributed by atoms with E-state index in [1.807, 2.05) is 4.90 Å². The van der Waals surface area contributed by atoms with E-state index >= 15 is 4.39 Å². The van der Waals surface area contributed by atoms with Crippen LogP contribution >= 0.6 is 0 Å². The molecule has 2 N–H and O–H groups in total. The molecule has 2 aromatic carbocycles. The third-order valence-corrected chi connectivity index (χ3v) is 5.72. The molecule has 1 fully saturated rings. The van der Waals surface area contributed by atoms with Crippen molar-refractivity contribution < 1.29 is 23.5 Å². The van der Waals surface area contributed by atoms with Crippen molar-refractivity contribution in [2.45, 2.75) is 46.5 Å². The molecule has 1 saturated carbocycles. The summed E-state index contributed by atoms with van der Waals surface area (Å²) in [5.41, 5.74) is 1.53. The summed E-state index contributed by atoms with van der Waals surface area (Å²) in [6.45, 7) is 9.58. The molecule has 0 radical (unpaired) electrons. The van der Waals surface area contributed by atoms with Crippen molar-refractivity contribution in [3.8, 4) is 0 Å². The van der Waals surface area contributed by atoms with Crippen molar-refractivity contribution >= 4 is 23.3 Å². The molecule has 7 heteroatoms. The van der Waals surface area contributed by atoms with E-state index in [1.165, 1.54) is 12.1 Å². The zero-order valence-electron chi connectivity index (χ0n) is 19.6. The fraction of sp³-hybridized carbons (Fsp3) is 0.462. The highest BCUT2D eigenvalue weighted by molar-refractivity contribution is 5.96. The number of carboxylic acid groups (broad SMARTS) is 1. The minimum Gasteiger partial charge on any atom is -0.481 e. The number of nitrogens with zero attached hydrogens (tertiary/aromatic N) is 1. The van der Waals surface area contributed by atoms with Gasteiger partial charge in [-0.2, -0.15) is 0 Å². The van der Waals surface area contributed by atoms with Gasteiger partial charge in [0.2, 0.25) is 5.91 Å². The molecule has 0 heterocycles. The summed E-state index contributed by atoms with van der Waals surface area (Å²) in [5, 5.41) is 12.1. The molecule has 1 aliphatic carbocycles. The third-order valence-electron chi connectivity index (χ3n) is 5.72. The molecule has 178 valence electrons. The number of nitrogens with one attached hydrogen (secondary N) is 1. The Balaban J connectivity index is 1.97. The van der Waals surface area contributed by atoms with Crippen LogP contribution in [0.15, 0.2) is 36.4 Å². The largest absolute Gasteiger partial charge is 0.481 e. The second kappa shape index (κ2) is 10.3. The Kier molecular flexibility index (Phi) is 7.72. The highest BCUT2D eigenvalue weighted by atomic mass is 19.1. The molecule has 0 aliphatic heterocycles. The first kappa shape index (κ1) is 24.7. The van der Waals surface area contributed by atoms with Crippen LogP contribution in [0.5, 0.6) is 0 Å². The van der Waals surface area contributed by atoms with Gasteiger partial charge in [-0.25, -0.2) is 8.78 Å². The summed E-state index contributed by atoms with van der Waals surface area (Å²) in [4.78, 5) is 26.2. The molecular formula is C26H32F2N2O3. The van der Waals surface area contributed by atoms with Gasteiger partial charge >= 0.3 is 5.97 Å². The predicted molar refractivity (Wildman–Crippen MR) is 126 cm³/mol. The molecule has 1 amide bonds. The Bertz CT molecular complexity index is 1010. The highest BCUT2D eigenvalue weighted by Crippen LogP contribution is 2.50. The monoisotopic (exact) mass is 458 g/mol. The van der Waals surface area contributed by atoms with E-state index in [0.29, 0.717) is 48.3 Å². The summed E-state index contributed by atoms with van der Waals surface area (Å²) >= 11 is 0. The number of anilines is 2. The molecular weight excluding hydrogens is 426 g/mol. The second-order valence-corrected chi connectivity index (χ2v) is 9.69. The molecule has 0 bridgehead atoms. The average molecular weight is 459 g/mol. The lowest BCUT2D eigenvalue weighted by molar-refractivity contribution is -0.138. The number of hydrogen-bond acceptors (Lipinski definition) is 3. The molecule has 0 unspecified atom stereocenters. The topological polar surface area (TPSA) is 69.6 Å². The molecule has 2 aromatic rings. The van der Waals surface area contributed by atoms with Gasteiger partial charge in [-0.15, -0.1) is 0 Å². The first-order valence-electron chi connectivity index (χ1n) is 11.4. The SMILES string of the molecule is CC(C)CN(CC(C)C)c1cc(F)c([C@@H]2C[C@@H]2C(=O)O)cc1NC(=O)Cc1ccccc1F. The maximum atomic E-state index is 15.1. The lowest BCUT2D eigenvalue weighted by Gasteiger charge is -2.31. The molecule has 0 saturated heterocycles. The van der Waals surface area contributed by atoms with Gasteiger partial charge in [0.05, 0.1) is 23.7 Å². The lowest BCUT2D eigenvalue weighted by Crippen LogP contribution is -2.32. The Labute approximate surface area is 193 Å². The van der Waals surface area contributed by atoms with Gasteiger partial charge in [0, 0.05) is 19.0 Å². The lowest BCUT2D eigenvalue weighted by atomic mass is 10.0. The van der Waals surface area contributed by atoms with Gasteiger partial charge in [0.25, 0.3) is 0 Å². The summed E-state index contributed by atoms with van der Waals surface area (Å²) < 4.78 is 29.2. The molecule has 0 spiro atoms. The van der Waals surface area contributed by atoms with E-state index in [-0.39, 0.29) is 12.0 Å². The van der Waals surface area contributed by atoms with Crippen LogP contribution in [-0.4, -0.2) is 30.1 Å². The van der Waals surface area contributed by atoms with Gasteiger partial charge in [-0.05, 0) is 47.6 Å². The van der Waals surface area contributed by atoms with Crippen molar-refractivity contribution in [3.05, 3.63) is 59.2 Å². The molecule has 5 nitrogen and oxygen atoms in total. The van der Waals surface area contributed by atoms with Crippen LogP contribution in [0.3, 0.4) is 0 Å². The first-order chi connectivity index (χ1) is 15.6. The fourth-order valence-electron chi connectivity index (χ4n) is 4.20. The van der Waals surface area contributed by atoms with Gasteiger partial charge < -0.3 is 15.3 Å². The zero-order valence-corrected chi connectivity index (χ0v) is 19.6. The Morgan fingerprint density at radius 2 is 1.70 bits per heavy atom. The molecule has 3 rings (SSSR count). The van der Waals surface area contributed by atoms with Crippen molar-refractivity contribution in [1.82, 2.24) is 0 Å². The average Bonchev–Trinajstić information content (AvgIpc) is 3.50. The number of amides is 1. The number of hydrogen-bond donors (Lipinski definition) is 2. The van der Waals surface area contributed by atoms with Crippen molar-refractivity contribution in [1.29, 1.82) is 0 Å². The van der Waals surface area contributed by atoms with E-state index in [9.17, 15) is 19.1 Å². The van der Waals surface area contributed by atoms with Crippen molar-refractivity contribution in [2.75, 3.05) is 23.3 Å². The fourth-order valence-corrected chi connectivity index (χ4v) is 4.20. The van der Waals surface area contributed by atoms with Gasteiger partial charge in [0.15, 0.2) is 0 Å². The van der Waals surface area contributed by atoms with Crippen LogP contribution in [0.2, 0.25) is 0 Å². The smallest absolute Gasteiger partial charge is 0.307 e. The van der Waals surface area contributed by atoms with Gasteiger partial charge in [0.1, 0.15) is 11.6 Å². The standard InChI is InChI=1S/C26H32F2N2O3/c1-15(2)13-30(14-16(3)4)24-12-22(28)19(18-10-20(18)26(32)33)11-23(24)29-25(31)9-17-7-5-6-8-21(17)27/h5-8,11-12,15-16,18,20H,9-10,13-14H2,1-4H3,(H,29,31)(H,32,33)/t18-,20-/m0/s1. The number of benzene rings is 2. The van der Waals surface area contributed by atoms with E-state index in [2.05, 4.69) is 33.0 Å². The Morgan fingerprint density at radius 1 is 1.06 bits per heavy atom. The number of aliphatic carboxylic acids is 1. The second-order valence-electron chi connectivity index (χ2n) is 9.69. The van der Waals surface area contributed by atoms with Crippen LogP contribution in [0, 0.1) is 29.4 Å². The maximum absolute atomic E-state index is 15.1. The van der Waals surface area contributed by atoms with E-state index < -0.39 is 35.3 Å². The molecule has 33 heavy (non-hydrogen) atoms. The van der Waals surface area contributed by atoms with Crippen LogP contribution in [-0.2, 0) is 16.0 Å². The molecule has 0 aromatic heterocycles. The van der Waals surface area contributed by atoms with E-state index in [4.69, 9.17) is 0 Å². The Morgan fingerprint density at radius 3 is 2.24 bits per heavy atom. The minimum absolute atomic E-state index is 0.158. The number of carbonyl (C=O) groups is 2. The van der Waals surface area contributed by atoms with Crippen molar-refractivity contribution in [2.24, 2.45) is 17.8 Å².